The lowest BCUT2D eigenvalue weighted by molar-refractivity contribution is -0.125. The van der Waals surface area contributed by atoms with Crippen molar-refractivity contribution in [2.45, 2.75) is 13.1 Å². The zero-order valence-corrected chi connectivity index (χ0v) is 17.5. The Bertz CT molecular complexity index is 857. The fourth-order valence-electron chi connectivity index (χ4n) is 2.91. The number of carbonyl (C=O) groups is 2. The van der Waals surface area contributed by atoms with Gasteiger partial charge in [-0.15, -0.1) is 11.3 Å². The first-order valence-electron chi connectivity index (χ1n) is 9.40. The van der Waals surface area contributed by atoms with Crippen LogP contribution in [0.2, 0.25) is 0 Å². The number of ether oxygens (including phenoxy) is 2. The SMILES string of the molecule is COC(=O)c1ccc(/C=C/C(=O)N(C)Cc2csc(CN3CCOCC3)n2)cc1. The molecule has 2 heterocycles. The van der Waals surface area contributed by atoms with E-state index in [1.54, 1.807) is 53.6 Å². The van der Waals surface area contributed by atoms with Crippen molar-refractivity contribution in [1.29, 1.82) is 0 Å². The van der Waals surface area contributed by atoms with Gasteiger partial charge in [0.15, 0.2) is 0 Å². The van der Waals surface area contributed by atoms with E-state index in [0.29, 0.717) is 12.1 Å². The van der Waals surface area contributed by atoms with E-state index in [2.05, 4.69) is 14.6 Å². The molecule has 0 radical (unpaired) electrons. The lowest BCUT2D eigenvalue weighted by Crippen LogP contribution is -2.35. The normalized spacial score (nSPS) is 14.8. The van der Waals surface area contributed by atoms with Crippen LogP contribution in [-0.4, -0.2) is 67.1 Å². The van der Waals surface area contributed by atoms with Gasteiger partial charge in [-0.05, 0) is 23.8 Å². The van der Waals surface area contributed by atoms with E-state index in [-0.39, 0.29) is 11.9 Å². The molecule has 2 aromatic rings. The molecule has 1 amide bonds. The van der Waals surface area contributed by atoms with Gasteiger partial charge in [-0.25, -0.2) is 9.78 Å². The highest BCUT2D eigenvalue weighted by atomic mass is 32.1. The van der Waals surface area contributed by atoms with Gasteiger partial charge in [-0.3, -0.25) is 9.69 Å². The minimum absolute atomic E-state index is 0.107. The van der Waals surface area contributed by atoms with E-state index >= 15 is 0 Å². The summed E-state index contributed by atoms with van der Waals surface area (Å²) in [7, 11) is 3.10. The Morgan fingerprint density at radius 1 is 1.28 bits per heavy atom. The van der Waals surface area contributed by atoms with Crippen LogP contribution in [0.3, 0.4) is 0 Å². The van der Waals surface area contributed by atoms with E-state index < -0.39 is 0 Å². The number of morpholine rings is 1. The van der Waals surface area contributed by atoms with E-state index in [0.717, 1.165) is 49.1 Å². The van der Waals surface area contributed by atoms with Gasteiger partial charge in [0.1, 0.15) is 5.01 Å². The fraction of sp³-hybridized carbons (Fsp3) is 0.381. The van der Waals surface area contributed by atoms with Crippen molar-refractivity contribution in [1.82, 2.24) is 14.8 Å². The van der Waals surface area contributed by atoms with Crippen molar-refractivity contribution < 1.29 is 19.1 Å². The number of hydrogen-bond acceptors (Lipinski definition) is 7. The highest BCUT2D eigenvalue weighted by Gasteiger charge is 2.14. The minimum Gasteiger partial charge on any atom is -0.465 e. The molecule has 0 spiro atoms. The molecule has 1 fully saturated rings. The average Bonchev–Trinajstić information content (AvgIpc) is 3.19. The molecule has 0 saturated carbocycles. The number of aromatic nitrogens is 1. The summed E-state index contributed by atoms with van der Waals surface area (Å²) in [6.45, 7) is 4.69. The van der Waals surface area contributed by atoms with Crippen LogP contribution in [0.25, 0.3) is 6.08 Å². The molecule has 7 nitrogen and oxygen atoms in total. The van der Waals surface area contributed by atoms with Gasteiger partial charge in [-0.1, -0.05) is 12.1 Å². The monoisotopic (exact) mass is 415 g/mol. The largest absolute Gasteiger partial charge is 0.465 e. The molecular weight excluding hydrogens is 390 g/mol. The number of carbonyl (C=O) groups excluding carboxylic acids is 2. The lowest BCUT2D eigenvalue weighted by Gasteiger charge is -2.25. The summed E-state index contributed by atoms with van der Waals surface area (Å²) in [4.78, 5) is 32.5. The summed E-state index contributed by atoms with van der Waals surface area (Å²) >= 11 is 1.63. The van der Waals surface area contributed by atoms with Crippen LogP contribution in [0, 0.1) is 0 Å². The smallest absolute Gasteiger partial charge is 0.337 e. The molecule has 1 aromatic carbocycles. The molecule has 0 N–H and O–H groups in total. The van der Waals surface area contributed by atoms with Crippen LogP contribution in [0.1, 0.15) is 26.6 Å². The summed E-state index contributed by atoms with van der Waals surface area (Å²) in [6, 6.07) is 6.89. The third-order valence-electron chi connectivity index (χ3n) is 4.59. The topological polar surface area (TPSA) is 72.0 Å². The van der Waals surface area contributed by atoms with Crippen LogP contribution in [0.5, 0.6) is 0 Å². The average molecular weight is 416 g/mol. The Hall–Kier alpha value is -2.55. The van der Waals surface area contributed by atoms with Gasteiger partial charge in [0.25, 0.3) is 0 Å². The molecule has 0 bridgehead atoms. The highest BCUT2D eigenvalue weighted by molar-refractivity contribution is 7.09. The number of esters is 1. The van der Waals surface area contributed by atoms with Crippen molar-refractivity contribution in [3.8, 4) is 0 Å². The summed E-state index contributed by atoms with van der Waals surface area (Å²) in [6.07, 6.45) is 3.25. The van der Waals surface area contributed by atoms with Gasteiger partial charge >= 0.3 is 5.97 Å². The molecule has 1 aliphatic rings. The lowest BCUT2D eigenvalue weighted by atomic mass is 10.1. The molecule has 3 rings (SSSR count). The summed E-state index contributed by atoms with van der Waals surface area (Å²) in [5.74, 6) is -0.489. The van der Waals surface area contributed by atoms with E-state index in [1.807, 2.05) is 5.38 Å². The fourth-order valence-corrected chi connectivity index (χ4v) is 3.73. The number of rotatable bonds is 7. The maximum absolute atomic E-state index is 12.4. The second kappa shape index (κ2) is 10.3. The predicted molar refractivity (Wildman–Crippen MR) is 111 cm³/mol. The van der Waals surface area contributed by atoms with Crippen molar-refractivity contribution in [2.24, 2.45) is 0 Å². The zero-order chi connectivity index (χ0) is 20.6. The number of amides is 1. The van der Waals surface area contributed by atoms with Crippen LogP contribution < -0.4 is 0 Å². The standard InChI is InChI=1S/C21H25N3O4S/c1-23(13-18-15-29-19(22-18)14-24-9-11-28-12-10-24)20(25)8-5-16-3-6-17(7-4-16)21(26)27-2/h3-8,15H,9-14H2,1-2H3/b8-5+. The van der Waals surface area contributed by atoms with Crippen LogP contribution in [0.15, 0.2) is 35.7 Å². The van der Waals surface area contributed by atoms with Crippen molar-refractivity contribution in [3.05, 3.63) is 57.6 Å². The molecule has 154 valence electrons. The zero-order valence-electron chi connectivity index (χ0n) is 16.7. The third-order valence-corrected chi connectivity index (χ3v) is 5.47. The van der Waals surface area contributed by atoms with E-state index in [4.69, 9.17) is 4.74 Å². The Morgan fingerprint density at radius 2 is 2.00 bits per heavy atom. The number of likely N-dealkylation sites (N-methyl/N-ethyl adjacent to an activating group) is 1. The summed E-state index contributed by atoms with van der Waals surface area (Å²) in [5.41, 5.74) is 2.20. The summed E-state index contributed by atoms with van der Waals surface area (Å²) in [5, 5.41) is 3.07. The first-order valence-corrected chi connectivity index (χ1v) is 10.3. The minimum atomic E-state index is -0.382. The Kier molecular flexibility index (Phi) is 7.51. The molecule has 8 heteroatoms. The van der Waals surface area contributed by atoms with Crippen LogP contribution in [0.4, 0.5) is 0 Å². The maximum Gasteiger partial charge on any atom is 0.337 e. The van der Waals surface area contributed by atoms with Crippen molar-refractivity contribution in [3.63, 3.8) is 0 Å². The number of thiazole rings is 1. The number of hydrogen-bond donors (Lipinski definition) is 0. The molecule has 0 aliphatic carbocycles. The van der Waals surface area contributed by atoms with Gasteiger partial charge in [0, 0.05) is 31.6 Å². The highest BCUT2D eigenvalue weighted by Crippen LogP contribution is 2.15. The second-order valence-corrected chi connectivity index (χ2v) is 7.70. The Morgan fingerprint density at radius 3 is 2.69 bits per heavy atom. The Balaban J connectivity index is 1.51. The van der Waals surface area contributed by atoms with E-state index in [1.165, 1.54) is 13.2 Å². The molecule has 0 unspecified atom stereocenters. The maximum atomic E-state index is 12.4. The number of nitrogens with zero attached hydrogens (tertiary/aromatic N) is 3. The van der Waals surface area contributed by atoms with Gasteiger partial charge in [0.2, 0.25) is 5.91 Å². The van der Waals surface area contributed by atoms with Crippen molar-refractivity contribution in [2.75, 3.05) is 40.5 Å². The molecule has 1 saturated heterocycles. The van der Waals surface area contributed by atoms with Crippen LogP contribution >= 0.6 is 11.3 Å². The molecular formula is C21H25N3O4S. The molecule has 1 aromatic heterocycles. The first kappa shape index (κ1) is 21.2. The van der Waals surface area contributed by atoms with Crippen LogP contribution in [-0.2, 0) is 27.4 Å². The van der Waals surface area contributed by atoms with Gasteiger partial charge in [-0.2, -0.15) is 0 Å². The van der Waals surface area contributed by atoms with Crippen molar-refractivity contribution >= 4 is 29.3 Å². The first-order chi connectivity index (χ1) is 14.0. The van der Waals surface area contributed by atoms with Gasteiger partial charge in [0.05, 0.1) is 44.7 Å². The third kappa shape index (κ3) is 6.22. The van der Waals surface area contributed by atoms with E-state index in [9.17, 15) is 9.59 Å². The van der Waals surface area contributed by atoms with Gasteiger partial charge < -0.3 is 14.4 Å². The number of benzene rings is 1. The number of methoxy groups -OCH3 is 1. The molecule has 0 atom stereocenters. The Labute approximate surface area is 174 Å². The quantitative estimate of drug-likeness (QED) is 0.511. The molecule has 29 heavy (non-hydrogen) atoms. The summed E-state index contributed by atoms with van der Waals surface area (Å²) < 4.78 is 10.0. The second-order valence-electron chi connectivity index (χ2n) is 6.76. The molecule has 1 aliphatic heterocycles. The predicted octanol–water partition coefficient (Wildman–Crippen LogP) is 2.43.